The van der Waals surface area contributed by atoms with E-state index in [2.05, 4.69) is 5.32 Å². The standard InChI is InChI=1S/C18H22N2O3/c21-17(9-3-1-2-4-10-18(22)20-23)19-16-12-11-14-7-5-6-8-15(14)13-16/h5-8,11-13,23H,1-4,9-10H2,(H,19,21)(H,20,22). The fourth-order valence-electron chi connectivity index (χ4n) is 2.47. The number of fused-ring (bicyclic) bond motifs is 1. The highest BCUT2D eigenvalue weighted by atomic mass is 16.5. The van der Waals surface area contributed by atoms with Crippen LogP contribution in [-0.4, -0.2) is 17.0 Å². The molecule has 0 aromatic heterocycles. The molecule has 2 rings (SSSR count). The van der Waals surface area contributed by atoms with Crippen molar-refractivity contribution < 1.29 is 14.8 Å². The minimum atomic E-state index is -0.362. The van der Waals surface area contributed by atoms with E-state index >= 15 is 0 Å². The Hall–Kier alpha value is -2.40. The monoisotopic (exact) mass is 314 g/mol. The molecule has 0 saturated carbocycles. The van der Waals surface area contributed by atoms with Crippen molar-refractivity contribution in [1.29, 1.82) is 0 Å². The maximum absolute atomic E-state index is 11.9. The molecule has 0 unspecified atom stereocenters. The highest BCUT2D eigenvalue weighted by Crippen LogP contribution is 2.19. The number of unbranched alkanes of at least 4 members (excludes halogenated alkanes) is 3. The van der Waals surface area contributed by atoms with E-state index in [-0.39, 0.29) is 11.8 Å². The molecule has 0 aliphatic heterocycles. The van der Waals surface area contributed by atoms with Crippen LogP contribution in [0.2, 0.25) is 0 Å². The molecule has 5 nitrogen and oxygen atoms in total. The molecule has 0 aliphatic carbocycles. The summed E-state index contributed by atoms with van der Waals surface area (Å²) in [6, 6.07) is 13.9. The zero-order valence-corrected chi connectivity index (χ0v) is 13.0. The summed E-state index contributed by atoms with van der Waals surface area (Å²) in [7, 11) is 0. The van der Waals surface area contributed by atoms with E-state index in [9.17, 15) is 9.59 Å². The number of hydrogen-bond acceptors (Lipinski definition) is 3. The summed E-state index contributed by atoms with van der Waals surface area (Å²) >= 11 is 0. The smallest absolute Gasteiger partial charge is 0.243 e. The summed E-state index contributed by atoms with van der Waals surface area (Å²) in [6.07, 6.45) is 4.07. The van der Waals surface area contributed by atoms with Crippen LogP contribution in [0.1, 0.15) is 38.5 Å². The Kier molecular flexibility index (Phi) is 6.56. The average molecular weight is 314 g/mol. The second-order valence-electron chi connectivity index (χ2n) is 5.56. The molecule has 3 N–H and O–H groups in total. The predicted molar refractivity (Wildman–Crippen MR) is 90.2 cm³/mol. The summed E-state index contributed by atoms with van der Waals surface area (Å²) in [4.78, 5) is 22.8. The van der Waals surface area contributed by atoms with Crippen LogP contribution in [0, 0.1) is 0 Å². The largest absolute Gasteiger partial charge is 0.326 e. The van der Waals surface area contributed by atoms with Gasteiger partial charge < -0.3 is 5.32 Å². The van der Waals surface area contributed by atoms with Gasteiger partial charge in [-0.2, -0.15) is 0 Å². The van der Waals surface area contributed by atoms with E-state index in [0.29, 0.717) is 12.8 Å². The zero-order chi connectivity index (χ0) is 16.5. The van der Waals surface area contributed by atoms with E-state index in [1.54, 1.807) is 5.48 Å². The Balaban J connectivity index is 1.68. The second-order valence-corrected chi connectivity index (χ2v) is 5.56. The predicted octanol–water partition coefficient (Wildman–Crippen LogP) is 3.62. The van der Waals surface area contributed by atoms with Crippen molar-refractivity contribution in [2.45, 2.75) is 38.5 Å². The van der Waals surface area contributed by atoms with Gasteiger partial charge in [-0.25, -0.2) is 5.48 Å². The maximum Gasteiger partial charge on any atom is 0.243 e. The Morgan fingerprint density at radius 2 is 1.48 bits per heavy atom. The number of rotatable bonds is 8. The molecule has 0 spiro atoms. The molecule has 122 valence electrons. The Labute approximate surface area is 135 Å². The number of anilines is 1. The second kappa shape index (κ2) is 8.90. The average Bonchev–Trinajstić information content (AvgIpc) is 2.57. The topological polar surface area (TPSA) is 78.4 Å². The van der Waals surface area contributed by atoms with Gasteiger partial charge in [-0.3, -0.25) is 14.8 Å². The summed E-state index contributed by atoms with van der Waals surface area (Å²) < 4.78 is 0. The first-order chi connectivity index (χ1) is 11.2. The molecular formula is C18H22N2O3. The van der Waals surface area contributed by atoms with Crippen molar-refractivity contribution in [3.63, 3.8) is 0 Å². The molecule has 23 heavy (non-hydrogen) atoms. The van der Waals surface area contributed by atoms with Crippen LogP contribution in [0.3, 0.4) is 0 Å². The number of carbonyl (C=O) groups excluding carboxylic acids is 2. The summed E-state index contributed by atoms with van der Waals surface area (Å²) in [6.45, 7) is 0. The quantitative estimate of drug-likeness (QED) is 0.395. The molecule has 2 aromatic carbocycles. The van der Waals surface area contributed by atoms with Crippen LogP contribution in [0.15, 0.2) is 42.5 Å². The van der Waals surface area contributed by atoms with Crippen molar-refractivity contribution in [3.8, 4) is 0 Å². The van der Waals surface area contributed by atoms with Gasteiger partial charge in [-0.05, 0) is 35.7 Å². The van der Waals surface area contributed by atoms with Gasteiger partial charge >= 0.3 is 0 Å². The van der Waals surface area contributed by atoms with Crippen molar-refractivity contribution in [2.24, 2.45) is 0 Å². The molecule has 0 saturated heterocycles. The number of hydrogen-bond donors (Lipinski definition) is 3. The molecular weight excluding hydrogens is 292 g/mol. The molecule has 0 bridgehead atoms. The molecule has 2 amide bonds. The lowest BCUT2D eigenvalue weighted by Gasteiger charge is -2.07. The van der Waals surface area contributed by atoms with E-state index in [1.165, 1.54) is 0 Å². The van der Waals surface area contributed by atoms with E-state index < -0.39 is 0 Å². The highest BCUT2D eigenvalue weighted by Gasteiger charge is 2.04. The highest BCUT2D eigenvalue weighted by molar-refractivity contribution is 5.94. The molecule has 0 aliphatic rings. The van der Waals surface area contributed by atoms with Crippen molar-refractivity contribution in [1.82, 2.24) is 5.48 Å². The lowest BCUT2D eigenvalue weighted by Crippen LogP contribution is -2.17. The van der Waals surface area contributed by atoms with Crippen molar-refractivity contribution in [3.05, 3.63) is 42.5 Å². The van der Waals surface area contributed by atoms with E-state index in [0.717, 1.165) is 42.1 Å². The minimum Gasteiger partial charge on any atom is -0.326 e. The normalized spacial score (nSPS) is 10.5. The first kappa shape index (κ1) is 17.0. The van der Waals surface area contributed by atoms with Crippen LogP contribution < -0.4 is 10.8 Å². The summed E-state index contributed by atoms with van der Waals surface area (Å²) in [5.74, 6) is -0.354. The van der Waals surface area contributed by atoms with E-state index in [1.807, 2.05) is 42.5 Å². The summed E-state index contributed by atoms with van der Waals surface area (Å²) in [5.41, 5.74) is 2.42. The van der Waals surface area contributed by atoms with Gasteiger partial charge in [-0.1, -0.05) is 43.2 Å². The molecule has 0 radical (unpaired) electrons. The maximum atomic E-state index is 11.9. The third-order valence-corrected chi connectivity index (χ3v) is 3.72. The number of carbonyl (C=O) groups is 2. The first-order valence-electron chi connectivity index (χ1n) is 7.90. The fourth-order valence-corrected chi connectivity index (χ4v) is 2.47. The van der Waals surface area contributed by atoms with Crippen LogP contribution >= 0.6 is 0 Å². The lowest BCUT2D eigenvalue weighted by atomic mass is 10.1. The molecule has 0 atom stereocenters. The van der Waals surface area contributed by atoms with Crippen LogP contribution in [0.5, 0.6) is 0 Å². The fraction of sp³-hybridized carbons (Fsp3) is 0.333. The Morgan fingerprint density at radius 3 is 2.17 bits per heavy atom. The molecule has 0 fully saturated rings. The Morgan fingerprint density at radius 1 is 0.826 bits per heavy atom. The van der Waals surface area contributed by atoms with Gasteiger partial charge in [-0.15, -0.1) is 0 Å². The first-order valence-corrected chi connectivity index (χ1v) is 7.90. The van der Waals surface area contributed by atoms with Crippen molar-refractivity contribution in [2.75, 3.05) is 5.32 Å². The lowest BCUT2D eigenvalue weighted by molar-refractivity contribution is -0.129. The number of nitrogens with one attached hydrogen (secondary N) is 2. The van der Waals surface area contributed by atoms with Gasteiger partial charge in [0.05, 0.1) is 0 Å². The minimum absolute atomic E-state index is 0.00776. The van der Waals surface area contributed by atoms with Crippen LogP contribution in [0.25, 0.3) is 10.8 Å². The zero-order valence-electron chi connectivity index (χ0n) is 13.0. The van der Waals surface area contributed by atoms with Gasteiger partial charge in [0.2, 0.25) is 11.8 Å². The summed E-state index contributed by atoms with van der Waals surface area (Å²) in [5, 5.41) is 13.5. The number of benzene rings is 2. The van der Waals surface area contributed by atoms with Gasteiger partial charge in [0.25, 0.3) is 0 Å². The van der Waals surface area contributed by atoms with E-state index in [4.69, 9.17) is 5.21 Å². The molecule has 2 aromatic rings. The van der Waals surface area contributed by atoms with Crippen LogP contribution in [0.4, 0.5) is 5.69 Å². The SMILES string of the molecule is O=C(CCCCCCC(=O)Nc1ccc2ccccc2c1)NO. The van der Waals surface area contributed by atoms with Gasteiger partial charge in [0.15, 0.2) is 0 Å². The third kappa shape index (κ3) is 5.71. The van der Waals surface area contributed by atoms with Gasteiger partial charge in [0, 0.05) is 18.5 Å². The number of amides is 2. The Bertz CT molecular complexity index is 670. The third-order valence-electron chi connectivity index (χ3n) is 3.72. The van der Waals surface area contributed by atoms with Crippen LogP contribution in [-0.2, 0) is 9.59 Å². The van der Waals surface area contributed by atoms with Gasteiger partial charge in [0.1, 0.15) is 0 Å². The number of hydroxylamine groups is 1. The molecule has 5 heteroatoms. The molecule has 0 heterocycles. The van der Waals surface area contributed by atoms with Crippen molar-refractivity contribution >= 4 is 28.3 Å².